The summed E-state index contributed by atoms with van der Waals surface area (Å²) < 4.78 is 0. The number of hydrogen-bond donors (Lipinski definition) is 0. The second-order valence-corrected chi connectivity index (χ2v) is 5.33. The number of carbonyl (C=O) groups is 1. The lowest BCUT2D eigenvalue weighted by molar-refractivity contribution is 0.112. The molecule has 0 atom stereocenters. The van der Waals surface area contributed by atoms with Gasteiger partial charge in [0.05, 0.1) is 0 Å². The molecule has 1 aliphatic heterocycles. The lowest BCUT2D eigenvalue weighted by Crippen LogP contribution is -2.45. The predicted molar refractivity (Wildman–Crippen MR) is 83.6 cm³/mol. The van der Waals surface area contributed by atoms with Gasteiger partial charge in [0, 0.05) is 56.4 Å². The number of aromatic nitrogens is 1. The molecule has 4 heteroatoms. The molecule has 0 saturated carbocycles. The third-order valence-corrected chi connectivity index (χ3v) is 3.92. The fourth-order valence-corrected chi connectivity index (χ4v) is 2.67. The van der Waals surface area contributed by atoms with Gasteiger partial charge in [0.15, 0.2) is 0 Å². The summed E-state index contributed by atoms with van der Waals surface area (Å²) in [6.45, 7) is 5.13. The molecule has 1 aliphatic rings. The van der Waals surface area contributed by atoms with Crippen molar-refractivity contribution < 1.29 is 4.79 Å². The summed E-state index contributed by atoms with van der Waals surface area (Å²) in [5, 5.41) is 0. The predicted octanol–water partition coefficient (Wildman–Crippen LogP) is 2.22. The number of rotatable bonds is 4. The molecule has 3 rings (SSSR count). The Morgan fingerprint density at radius 1 is 0.952 bits per heavy atom. The maximum atomic E-state index is 10.7. The molecule has 1 aromatic heterocycles. The standard InChI is InChI=1S/C17H19N3O/c21-14-16-1-3-17(4-2-16)20-11-9-19(10-12-20)13-15-5-7-18-8-6-15/h1-8,14H,9-13H2. The first kappa shape index (κ1) is 13.8. The van der Waals surface area contributed by atoms with Crippen LogP contribution >= 0.6 is 0 Å². The number of piperazine rings is 1. The van der Waals surface area contributed by atoms with Gasteiger partial charge >= 0.3 is 0 Å². The molecular weight excluding hydrogens is 262 g/mol. The zero-order valence-corrected chi connectivity index (χ0v) is 12.0. The third-order valence-electron chi connectivity index (χ3n) is 3.92. The van der Waals surface area contributed by atoms with Gasteiger partial charge in [-0.05, 0) is 42.0 Å². The Balaban J connectivity index is 1.56. The quantitative estimate of drug-likeness (QED) is 0.805. The Hall–Kier alpha value is -2.20. The van der Waals surface area contributed by atoms with Gasteiger partial charge in [0.25, 0.3) is 0 Å². The molecule has 1 saturated heterocycles. The van der Waals surface area contributed by atoms with E-state index in [9.17, 15) is 4.79 Å². The Bertz CT molecular complexity index is 575. The number of hydrogen-bond acceptors (Lipinski definition) is 4. The van der Waals surface area contributed by atoms with E-state index in [0.29, 0.717) is 0 Å². The van der Waals surface area contributed by atoms with Gasteiger partial charge in [-0.3, -0.25) is 14.7 Å². The fraction of sp³-hybridized carbons (Fsp3) is 0.294. The van der Waals surface area contributed by atoms with Gasteiger partial charge in [0.1, 0.15) is 6.29 Å². The van der Waals surface area contributed by atoms with E-state index >= 15 is 0 Å². The monoisotopic (exact) mass is 281 g/mol. The summed E-state index contributed by atoms with van der Waals surface area (Å²) in [7, 11) is 0. The van der Waals surface area contributed by atoms with Gasteiger partial charge in [0.2, 0.25) is 0 Å². The minimum atomic E-state index is 0.732. The average molecular weight is 281 g/mol. The molecular formula is C17H19N3O. The van der Waals surface area contributed by atoms with Gasteiger partial charge in [-0.25, -0.2) is 0 Å². The summed E-state index contributed by atoms with van der Waals surface area (Å²) in [5.41, 5.74) is 3.24. The normalized spacial score (nSPS) is 15.9. The summed E-state index contributed by atoms with van der Waals surface area (Å²) in [6, 6.07) is 12.0. The van der Waals surface area contributed by atoms with E-state index in [-0.39, 0.29) is 0 Å². The number of aldehydes is 1. The Morgan fingerprint density at radius 3 is 2.24 bits per heavy atom. The summed E-state index contributed by atoms with van der Waals surface area (Å²) in [6.07, 6.45) is 4.58. The molecule has 0 unspecified atom stereocenters. The molecule has 0 bridgehead atoms. The topological polar surface area (TPSA) is 36.4 Å². The summed E-state index contributed by atoms with van der Waals surface area (Å²) >= 11 is 0. The van der Waals surface area contributed by atoms with Crippen molar-refractivity contribution in [1.82, 2.24) is 9.88 Å². The lowest BCUT2D eigenvalue weighted by Gasteiger charge is -2.36. The largest absolute Gasteiger partial charge is 0.369 e. The summed E-state index contributed by atoms with van der Waals surface area (Å²) in [5.74, 6) is 0. The first-order valence-electron chi connectivity index (χ1n) is 7.26. The smallest absolute Gasteiger partial charge is 0.150 e. The van der Waals surface area contributed by atoms with Gasteiger partial charge in [-0.2, -0.15) is 0 Å². The van der Waals surface area contributed by atoms with Crippen LogP contribution in [0.4, 0.5) is 5.69 Å². The molecule has 0 radical (unpaired) electrons. The van der Waals surface area contributed by atoms with Gasteiger partial charge in [-0.15, -0.1) is 0 Å². The number of anilines is 1. The molecule has 4 nitrogen and oxygen atoms in total. The maximum absolute atomic E-state index is 10.7. The molecule has 2 heterocycles. The first-order valence-corrected chi connectivity index (χ1v) is 7.26. The summed E-state index contributed by atoms with van der Waals surface area (Å²) in [4.78, 5) is 19.6. The van der Waals surface area contributed by atoms with Gasteiger partial charge < -0.3 is 4.90 Å². The zero-order valence-electron chi connectivity index (χ0n) is 12.0. The van der Waals surface area contributed by atoms with Crippen LogP contribution in [0.1, 0.15) is 15.9 Å². The minimum Gasteiger partial charge on any atom is -0.369 e. The SMILES string of the molecule is O=Cc1ccc(N2CCN(Cc3ccncc3)CC2)cc1. The van der Waals surface area contributed by atoms with Crippen LogP contribution in [-0.4, -0.2) is 42.3 Å². The second-order valence-electron chi connectivity index (χ2n) is 5.33. The molecule has 0 aliphatic carbocycles. The van der Waals surface area contributed by atoms with Crippen LogP contribution in [0.5, 0.6) is 0 Å². The van der Waals surface area contributed by atoms with Crippen LogP contribution in [0.25, 0.3) is 0 Å². The van der Waals surface area contributed by atoms with Crippen molar-refractivity contribution in [2.24, 2.45) is 0 Å². The molecule has 2 aromatic rings. The molecule has 21 heavy (non-hydrogen) atoms. The average Bonchev–Trinajstić information content (AvgIpc) is 2.57. The van der Waals surface area contributed by atoms with Crippen molar-refractivity contribution in [1.29, 1.82) is 0 Å². The number of carbonyl (C=O) groups excluding carboxylic acids is 1. The lowest BCUT2D eigenvalue weighted by atomic mass is 10.2. The second kappa shape index (κ2) is 6.50. The van der Waals surface area contributed by atoms with E-state index in [2.05, 4.69) is 26.9 Å². The molecule has 0 spiro atoms. The Morgan fingerprint density at radius 2 is 1.62 bits per heavy atom. The molecule has 1 aromatic carbocycles. The zero-order chi connectivity index (χ0) is 14.5. The highest BCUT2D eigenvalue weighted by Gasteiger charge is 2.17. The van der Waals surface area contributed by atoms with Crippen LogP contribution in [0.3, 0.4) is 0 Å². The third kappa shape index (κ3) is 3.47. The Kier molecular flexibility index (Phi) is 4.26. The van der Waals surface area contributed by atoms with Crippen molar-refractivity contribution in [2.75, 3.05) is 31.1 Å². The van der Waals surface area contributed by atoms with Crippen molar-refractivity contribution in [3.63, 3.8) is 0 Å². The molecule has 108 valence electrons. The molecule has 0 amide bonds. The van der Waals surface area contributed by atoms with Crippen LogP contribution in [0.2, 0.25) is 0 Å². The molecule has 0 N–H and O–H groups in total. The van der Waals surface area contributed by atoms with Gasteiger partial charge in [-0.1, -0.05) is 0 Å². The van der Waals surface area contributed by atoms with E-state index in [1.54, 1.807) is 0 Å². The van der Waals surface area contributed by atoms with E-state index in [1.807, 2.05) is 36.7 Å². The first-order chi connectivity index (χ1) is 10.3. The minimum absolute atomic E-state index is 0.732. The fourth-order valence-electron chi connectivity index (χ4n) is 2.67. The highest BCUT2D eigenvalue weighted by atomic mass is 16.1. The van der Waals surface area contributed by atoms with Crippen LogP contribution in [0, 0.1) is 0 Å². The van der Waals surface area contributed by atoms with E-state index in [1.165, 1.54) is 11.3 Å². The number of benzene rings is 1. The number of pyridine rings is 1. The van der Waals surface area contributed by atoms with Crippen LogP contribution in [0.15, 0.2) is 48.8 Å². The van der Waals surface area contributed by atoms with Crippen molar-refractivity contribution >= 4 is 12.0 Å². The number of nitrogens with zero attached hydrogens (tertiary/aromatic N) is 3. The van der Waals surface area contributed by atoms with Crippen LogP contribution in [-0.2, 0) is 6.54 Å². The highest BCUT2D eigenvalue weighted by Crippen LogP contribution is 2.17. The van der Waals surface area contributed by atoms with Crippen molar-refractivity contribution in [2.45, 2.75) is 6.54 Å². The van der Waals surface area contributed by atoms with Crippen molar-refractivity contribution in [3.8, 4) is 0 Å². The van der Waals surface area contributed by atoms with E-state index in [0.717, 1.165) is 44.6 Å². The maximum Gasteiger partial charge on any atom is 0.150 e. The van der Waals surface area contributed by atoms with E-state index in [4.69, 9.17) is 0 Å². The van der Waals surface area contributed by atoms with Crippen LogP contribution < -0.4 is 4.90 Å². The highest BCUT2D eigenvalue weighted by molar-refractivity contribution is 5.75. The molecule has 1 fully saturated rings. The van der Waals surface area contributed by atoms with Crippen molar-refractivity contribution in [3.05, 3.63) is 59.9 Å². The Labute approximate surface area is 125 Å². The van der Waals surface area contributed by atoms with E-state index < -0.39 is 0 Å².